The number of carboxylic acid groups (broad SMARTS) is 1. The number of aliphatic carboxylic acids is 1. The van der Waals surface area contributed by atoms with Gasteiger partial charge in [0.2, 0.25) is 0 Å². The first-order valence-electron chi connectivity index (χ1n) is 7.43. The number of carbonyl (C=O) groups is 2. The summed E-state index contributed by atoms with van der Waals surface area (Å²) in [5.41, 5.74) is 0. The smallest absolute Gasteiger partial charge is 0.328 e. The van der Waals surface area contributed by atoms with Crippen LogP contribution in [0.25, 0.3) is 0 Å². The highest BCUT2D eigenvalue weighted by Gasteiger charge is 2.28. The predicted molar refractivity (Wildman–Crippen MR) is 75.4 cm³/mol. The molecular formula is C14H26N2O4. The van der Waals surface area contributed by atoms with Crippen molar-refractivity contribution in [2.24, 2.45) is 5.92 Å². The topological polar surface area (TPSA) is 98.7 Å². The molecule has 1 aliphatic carbocycles. The van der Waals surface area contributed by atoms with E-state index in [1.54, 1.807) is 0 Å². The minimum Gasteiger partial charge on any atom is -0.480 e. The van der Waals surface area contributed by atoms with Crippen LogP contribution in [0.2, 0.25) is 0 Å². The van der Waals surface area contributed by atoms with Crippen LogP contribution in [0, 0.1) is 5.92 Å². The van der Waals surface area contributed by atoms with Gasteiger partial charge >= 0.3 is 12.0 Å². The van der Waals surface area contributed by atoms with Gasteiger partial charge in [-0.3, -0.25) is 0 Å². The van der Waals surface area contributed by atoms with Crippen molar-refractivity contribution < 1.29 is 19.8 Å². The second kappa shape index (κ2) is 8.09. The second-order valence-corrected chi connectivity index (χ2v) is 5.59. The van der Waals surface area contributed by atoms with Crippen LogP contribution < -0.4 is 10.6 Å². The van der Waals surface area contributed by atoms with Crippen molar-refractivity contribution >= 4 is 12.0 Å². The van der Waals surface area contributed by atoms with Crippen molar-refractivity contribution in [1.82, 2.24) is 10.6 Å². The van der Waals surface area contributed by atoms with Crippen LogP contribution in [-0.2, 0) is 4.79 Å². The maximum Gasteiger partial charge on any atom is 0.328 e. The molecular weight excluding hydrogens is 260 g/mol. The van der Waals surface area contributed by atoms with Gasteiger partial charge in [-0.1, -0.05) is 26.2 Å². The van der Waals surface area contributed by atoms with Crippen LogP contribution in [0.4, 0.5) is 4.79 Å². The average Bonchev–Trinajstić information content (AvgIpc) is 2.42. The summed E-state index contributed by atoms with van der Waals surface area (Å²) in [6.07, 6.45) is 5.54. The van der Waals surface area contributed by atoms with Crippen LogP contribution in [0.1, 0.15) is 52.4 Å². The molecule has 3 unspecified atom stereocenters. The molecule has 0 heterocycles. The maximum atomic E-state index is 11.9. The first kappa shape index (κ1) is 16.8. The third-order valence-corrected chi connectivity index (χ3v) is 4.01. The molecule has 0 spiro atoms. The third-order valence-electron chi connectivity index (χ3n) is 4.01. The van der Waals surface area contributed by atoms with Crippen LogP contribution in [-0.4, -0.2) is 40.4 Å². The van der Waals surface area contributed by atoms with Crippen molar-refractivity contribution in [3.8, 4) is 0 Å². The molecule has 0 bridgehead atoms. The van der Waals surface area contributed by atoms with Gasteiger partial charge < -0.3 is 20.8 Å². The highest BCUT2D eigenvalue weighted by molar-refractivity contribution is 5.83. The van der Waals surface area contributed by atoms with Gasteiger partial charge in [-0.2, -0.15) is 0 Å². The molecule has 0 aromatic rings. The van der Waals surface area contributed by atoms with E-state index in [0.29, 0.717) is 5.92 Å². The Labute approximate surface area is 119 Å². The molecule has 1 rings (SSSR count). The highest BCUT2D eigenvalue weighted by Crippen LogP contribution is 2.27. The lowest BCUT2D eigenvalue weighted by molar-refractivity contribution is -0.141. The van der Waals surface area contributed by atoms with Gasteiger partial charge in [0.25, 0.3) is 0 Å². The number of amides is 2. The molecule has 0 saturated heterocycles. The van der Waals surface area contributed by atoms with E-state index in [1.807, 2.05) is 6.92 Å². The van der Waals surface area contributed by atoms with E-state index in [1.165, 1.54) is 26.2 Å². The van der Waals surface area contributed by atoms with E-state index in [0.717, 1.165) is 19.3 Å². The quantitative estimate of drug-likeness (QED) is 0.594. The standard InChI is InChI=1S/C14H26N2O4/c1-3-11(10-7-5-4-6-8-10)15-14(20)16-12(9(2)17)13(18)19/h9-12,17H,3-8H2,1-2H3,(H,18,19)(H2,15,16,20). The minimum absolute atomic E-state index is 0.0683. The summed E-state index contributed by atoms with van der Waals surface area (Å²) in [4.78, 5) is 22.8. The molecule has 1 aliphatic rings. The van der Waals surface area contributed by atoms with E-state index in [9.17, 15) is 14.7 Å². The summed E-state index contributed by atoms with van der Waals surface area (Å²) < 4.78 is 0. The van der Waals surface area contributed by atoms with Gasteiger partial charge in [0.1, 0.15) is 0 Å². The monoisotopic (exact) mass is 286 g/mol. The molecule has 2 amide bonds. The number of hydrogen-bond acceptors (Lipinski definition) is 3. The van der Waals surface area contributed by atoms with E-state index in [-0.39, 0.29) is 6.04 Å². The summed E-state index contributed by atoms with van der Waals surface area (Å²) in [6, 6.07) is -1.73. The summed E-state index contributed by atoms with van der Waals surface area (Å²) in [6.45, 7) is 3.36. The lowest BCUT2D eigenvalue weighted by Gasteiger charge is -2.30. The number of rotatable bonds is 6. The van der Waals surface area contributed by atoms with Crippen molar-refractivity contribution in [3.63, 3.8) is 0 Å². The zero-order chi connectivity index (χ0) is 15.1. The van der Waals surface area contributed by atoms with E-state index >= 15 is 0 Å². The predicted octanol–water partition coefficient (Wildman–Crippen LogP) is 1.48. The fourth-order valence-electron chi connectivity index (χ4n) is 2.83. The number of nitrogens with one attached hydrogen (secondary N) is 2. The average molecular weight is 286 g/mol. The van der Waals surface area contributed by atoms with Crippen molar-refractivity contribution in [3.05, 3.63) is 0 Å². The van der Waals surface area contributed by atoms with Gasteiger partial charge in [-0.25, -0.2) is 9.59 Å². The minimum atomic E-state index is -1.28. The fraction of sp³-hybridized carbons (Fsp3) is 0.857. The SMILES string of the molecule is CCC(NC(=O)NC(C(=O)O)C(C)O)C1CCCCC1. The number of urea groups is 1. The molecule has 3 atom stereocenters. The fourth-order valence-corrected chi connectivity index (χ4v) is 2.83. The molecule has 116 valence electrons. The van der Waals surface area contributed by atoms with E-state index < -0.39 is 24.1 Å². The summed E-state index contributed by atoms with van der Waals surface area (Å²) in [7, 11) is 0. The molecule has 4 N–H and O–H groups in total. The van der Waals surface area contributed by atoms with Crippen LogP contribution >= 0.6 is 0 Å². The molecule has 6 heteroatoms. The van der Waals surface area contributed by atoms with Crippen molar-refractivity contribution in [2.45, 2.75) is 70.6 Å². The second-order valence-electron chi connectivity index (χ2n) is 5.59. The van der Waals surface area contributed by atoms with Crippen molar-refractivity contribution in [2.75, 3.05) is 0 Å². The Morgan fingerprint density at radius 2 is 1.80 bits per heavy atom. The normalized spacial score (nSPS) is 20.8. The third kappa shape index (κ3) is 5.00. The van der Waals surface area contributed by atoms with Gasteiger partial charge in [-0.15, -0.1) is 0 Å². The maximum absolute atomic E-state index is 11.9. The van der Waals surface area contributed by atoms with E-state index in [4.69, 9.17) is 5.11 Å². The summed E-state index contributed by atoms with van der Waals surface area (Å²) >= 11 is 0. The van der Waals surface area contributed by atoms with Crippen LogP contribution in [0.3, 0.4) is 0 Å². The lowest BCUT2D eigenvalue weighted by atomic mass is 9.83. The molecule has 0 aromatic carbocycles. The van der Waals surface area contributed by atoms with Crippen LogP contribution in [0.5, 0.6) is 0 Å². The Bertz CT molecular complexity index is 327. The van der Waals surface area contributed by atoms with Crippen LogP contribution in [0.15, 0.2) is 0 Å². The van der Waals surface area contributed by atoms with Gasteiger partial charge in [0, 0.05) is 6.04 Å². The van der Waals surface area contributed by atoms with Crippen molar-refractivity contribution in [1.29, 1.82) is 0 Å². The number of carbonyl (C=O) groups excluding carboxylic acids is 1. The zero-order valence-corrected chi connectivity index (χ0v) is 12.3. The zero-order valence-electron chi connectivity index (χ0n) is 12.3. The van der Waals surface area contributed by atoms with Gasteiger partial charge in [-0.05, 0) is 32.1 Å². The Kier molecular flexibility index (Phi) is 6.78. The summed E-state index contributed by atoms with van der Waals surface area (Å²) in [5.74, 6) is -0.768. The summed E-state index contributed by atoms with van der Waals surface area (Å²) in [5, 5.41) is 23.5. The first-order valence-corrected chi connectivity index (χ1v) is 7.43. The largest absolute Gasteiger partial charge is 0.480 e. The molecule has 6 nitrogen and oxygen atoms in total. The number of carboxylic acids is 1. The first-order chi connectivity index (χ1) is 9.45. The molecule has 1 fully saturated rings. The molecule has 0 radical (unpaired) electrons. The Balaban J connectivity index is 2.51. The Morgan fingerprint density at radius 1 is 1.20 bits per heavy atom. The van der Waals surface area contributed by atoms with Gasteiger partial charge in [0.15, 0.2) is 6.04 Å². The molecule has 0 aliphatic heterocycles. The number of aliphatic hydroxyl groups excluding tert-OH is 1. The molecule has 1 saturated carbocycles. The highest BCUT2D eigenvalue weighted by atomic mass is 16.4. The molecule has 0 aromatic heterocycles. The molecule has 20 heavy (non-hydrogen) atoms. The Hall–Kier alpha value is -1.30. The number of aliphatic hydroxyl groups is 1. The Morgan fingerprint density at radius 3 is 2.25 bits per heavy atom. The van der Waals surface area contributed by atoms with Gasteiger partial charge in [0.05, 0.1) is 6.10 Å². The van der Waals surface area contributed by atoms with E-state index in [2.05, 4.69) is 10.6 Å². The number of hydrogen-bond donors (Lipinski definition) is 4. The lowest BCUT2D eigenvalue weighted by Crippen LogP contribution is -2.54.